The lowest BCUT2D eigenvalue weighted by Gasteiger charge is -2.42. The van der Waals surface area contributed by atoms with Gasteiger partial charge in [0.2, 0.25) is 0 Å². The second-order valence-corrected chi connectivity index (χ2v) is 6.28. The van der Waals surface area contributed by atoms with E-state index in [9.17, 15) is 0 Å². The zero-order valence-corrected chi connectivity index (χ0v) is 11.7. The highest BCUT2D eigenvalue weighted by Crippen LogP contribution is 2.46. The summed E-state index contributed by atoms with van der Waals surface area (Å²) in [6, 6.07) is -0.00898. The molecule has 0 spiro atoms. The molecule has 1 aliphatic rings. The summed E-state index contributed by atoms with van der Waals surface area (Å²) < 4.78 is 1.82. The van der Waals surface area contributed by atoms with Crippen molar-refractivity contribution in [3.63, 3.8) is 0 Å². The van der Waals surface area contributed by atoms with Gasteiger partial charge in [0.1, 0.15) is 0 Å². The lowest BCUT2D eigenvalue weighted by molar-refractivity contribution is 0.110. The molecule has 1 heterocycles. The normalized spacial score (nSPS) is 25.8. The number of nitrogens with zero attached hydrogens (tertiary/aromatic N) is 2. The van der Waals surface area contributed by atoms with Crippen LogP contribution in [0.1, 0.15) is 51.3 Å². The van der Waals surface area contributed by atoms with Crippen molar-refractivity contribution >= 4 is 11.6 Å². The summed E-state index contributed by atoms with van der Waals surface area (Å²) in [4.78, 5) is 0. The summed E-state index contributed by atoms with van der Waals surface area (Å²) in [5.74, 6) is 0.490. The van der Waals surface area contributed by atoms with Gasteiger partial charge in [0.25, 0.3) is 0 Å². The summed E-state index contributed by atoms with van der Waals surface area (Å²) in [7, 11) is 1.91. The molecule has 96 valence electrons. The van der Waals surface area contributed by atoms with E-state index in [-0.39, 0.29) is 6.04 Å². The van der Waals surface area contributed by atoms with Crippen molar-refractivity contribution in [1.82, 2.24) is 9.78 Å². The SMILES string of the molecule is Cn1ncc(Cl)c1C(N)C1CCCCC1(C)C. The Bertz CT molecular complexity index is 378. The minimum Gasteiger partial charge on any atom is -0.322 e. The molecule has 3 nitrogen and oxygen atoms in total. The lowest BCUT2D eigenvalue weighted by Crippen LogP contribution is -2.37. The monoisotopic (exact) mass is 255 g/mol. The molecular weight excluding hydrogens is 234 g/mol. The minimum absolute atomic E-state index is 0.00898. The molecule has 0 amide bonds. The van der Waals surface area contributed by atoms with Gasteiger partial charge in [-0.25, -0.2) is 0 Å². The van der Waals surface area contributed by atoms with E-state index in [0.29, 0.717) is 16.4 Å². The van der Waals surface area contributed by atoms with Crippen molar-refractivity contribution in [2.75, 3.05) is 0 Å². The Balaban J connectivity index is 2.27. The Morgan fingerprint density at radius 3 is 2.76 bits per heavy atom. The van der Waals surface area contributed by atoms with Crippen LogP contribution in [0.25, 0.3) is 0 Å². The summed E-state index contributed by atoms with van der Waals surface area (Å²) in [6.07, 6.45) is 6.72. The van der Waals surface area contributed by atoms with Gasteiger partial charge in [0.05, 0.1) is 23.0 Å². The van der Waals surface area contributed by atoms with Gasteiger partial charge >= 0.3 is 0 Å². The van der Waals surface area contributed by atoms with E-state index in [4.69, 9.17) is 17.3 Å². The molecule has 4 heteroatoms. The quantitative estimate of drug-likeness (QED) is 0.881. The third kappa shape index (κ3) is 2.36. The average Bonchev–Trinajstić information content (AvgIpc) is 2.57. The standard InChI is InChI=1S/C13H22ClN3/c1-13(2)7-5-4-6-9(13)11(15)12-10(14)8-16-17(12)3/h8-9,11H,4-7,15H2,1-3H3. The molecule has 2 atom stereocenters. The van der Waals surface area contributed by atoms with E-state index in [1.54, 1.807) is 6.20 Å². The molecule has 2 unspecified atom stereocenters. The number of rotatable bonds is 2. The van der Waals surface area contributed by atoms with Crippen LogP contribution in [0.3, 0.4) is 0 Å². The van der Waals surface area contributed by atoms with E-state index in [1.807, 2.05) is 11.7 Å². The van der Waals surface area contributed by atoms with Crippen LogP contribution in [0.5, 0.6) is 0 Å². The van der Waals surface area contributed by atoms with E-state index in [1.165, 1.54) is 25.7 Å². The summed E-state index contributed by atoms with van der Waals surface area (Å²) in [5, 5.41) is 4.88. The van der Waals surface area contributed by atoms with Gasteiger partial charge < -0.3 is 5.73 Å². The maximum Gasteiger partial charge on any atom is 0.0834 e. The first-order valence-corrected chi connectivity index (χ1v) is 6.74. The molecule has 2 N–H and O–H groups in total. The number of nitrogens with two attached hydrogens (primary N) is 1. The maximum absolute atomic E-state index is 6.45. The van der Waals surface area contributed by atoms with Crippen LogP contribution in [0.15, 0.2) is 6.20 Å². The van der Waals surface area contributed by atoms with Crippen molar-refractivity contribution in [1.29, 1.82) is 0 Å². The van der Waals surface area contributed by atoms with Crippen LogP contribution in [0.4, 0.5) is 0 Å². The van der Waals surface area contributed by atoms with Crippen molar-refractivity contribution in [3.8, 4) is 0 Å². The Kier molecular flexibility index (Phi) is 3.50. The van der Waals surface area contributed by atoms with Gasteiger partial charge in [0.15, 0.2) is 0 Å². The first kappa shape index (κ1) is 12.9. The Hall–Kier alpha value is -0.540. The first-order chi connectivity index (χ1) is 7.93. The number of aromatic nitrogens is 2. The number of hydrogen-bond acceptors (Lipinski definition) is 2. The topological polar surface area (TPSA) is 43.8 Å². The van der Waals surface area contributed by atoms with Gasteiger partial charge in [-0.2, -0.15) is 5.10 Å². The summed E-state index contributed by atoms with van der Waals surface area (Å²) in [6.45, 7) is 4.64. The van der Waals surface area contributed by atoms with Crippen molar-refractivity contribution < 1.29 is 0 Å². The van der Waals surface area contributed by atoms with Crippen molar-refractivity contribution in [2.45, 2.75) is 45.6 Å². The second kappa shape index (κ2) is 4.62. The van der Waals surface area contributed by atoms with E-state index >= 15 is 0 Å². The lowest BCUT2D eigenvalue weighted by atomic mass is 9.65. The average molecular weight is 256 g/mol. The van der Waals surface area contributed by atoms with Gasteiger partial charge in [-0.1, -0.05) is 38.3 Å². The fraction of sp³-hybridized carbons (Fsp3) is 0.769. The summed E-state index contributed by atoms with van der Waals surface area (Å²) >= 11 is 6.19. The van der Waals surface area contributed by atoms with Crippen LogP contribution in [0.2, 0.25) is 5.02 Å². The van der Waals surface area contributed by atoms with Gasteiger partial charge in [-0.15, -0.1) is 0 Å². The van der Waals surface area contributed by atoms with Gasteiger partial charge in [-0.05, 0) is 24.2 Å². The van der Waals surface area contributed by atoms with E-state index in [0.717, 1.165) is 5.69 Å². The molecule has 1 saturated carbocycles. The fourth-order valence-electron chi connectivity index (χ4n) is 3.17. The molecule has 1 aliphatic carbocycles. The molecule has 0 saturated heterocycles. The number of hydrogen-bond donors (Lipinski definition) is 1. The highest BCUT2D eigenvalue weighted by molar-refractivity contribution is 6.31. The molecule has 0 radical (unpaired) electrons. The largest absolute Gasteiger partial charge is 0.322 e. The zero-order chi connectivity index (χ0) is 12.6. The number of halogens is 1. The predicted octanol–water partition coefficient (Wildman–Crippen LogP) is 3.29. The van der Waals surface area contributed by atoms with Gasteiger partial charge in [0, 0.05) is 7.05 Å². The maximum atomic E-state index is 6.45. The number of aryl methyl sites for hydroxylation is 1. The second-order valence-electron chi connectivity index (χ2n) is 5.87. The van der Waals surface area contributed by atoms with Gasteiger partial charge in [-0.3, -0.25) is 4.68 Å². The Labute approximate surface area is 108 Å². The molecule has 2 rings (SSSR count). The third-order valence-corrected chi connectivity index (χ3v) is 4.57. The highest BCUT2D eigenvalue weighted by Gasteiger charge is 2.38. The Morgan fingerprint density at radius 2 is 2.24 bits per heavy atom. The van der Waals surface area contributed by atoms with Crippen molar-refractivity contribution in [3.05, 3.63) is 16.9 Å². The molecule has 1 fully saturated rings. The summed E-state index contributed by atoms with van der Waals surface area (Å²) in [5.41, 5.74) is 7.72. The molecule has 1 aromatic rings. The minimum atomic E-state index is -0.00898. The molecular formula is C13H22ClN3. The van der Waals surface area contributed by atoms with Crippen LogP contribution < -0.4 is 5.73 Å². The van der Waals surface area contributed by atoms with Crippen molar-refractivity contribution in [2.24, 2.45) is 24.1 Å². The van der Waals surface area contributed by atoms with Crippen LogP contribution >= 0.6 is 11.6 Å². The van der Waals surface area contributed by atoms with Crippen LogP contribution in [-0.2, 0) is 7.05 Å². The molecule has 0 aliphatic heterocycles. The molecule has 17 heavy (non-hydrogen) atoms. The van der Waals surface area contributed by atoms with Crippen LogP contribution in [0, 0.1) is 11.3 Å². The highest BCUT2D eigenvalue weighted by atomic mass is 35.5. The van der Waals surface area contributed by atoms with E-state index < -0.39 is 0 Å². The fourth-order valence-corrected chi connectivity index (χ4v) is 3.46. The zero-order valence-electron chi connectivity index (χ0n) is 10.9. The smallest absolute Gasteiger partial charge is 0.0834 e. The molecule has 1 aromatic heterocycles. The first-order valence-electron chi connectivity index (χ1n) is 6.36. The molecule has 0 bridgehead atoms. The van der Waals surface area contributed by atoms with Crippen LogP contribution in [-0.4, -0.2) is 9.78 Å². The molecule has 0 aromatic carbocycles. The Morgan fingerprint density at radius 1 is 1.53 bits per heavy atom. The van der Waals surface area contributed by atoms with E-state index in [2.05, 4.69) is 18.9 Å². The predicted molar refractivity (Wildman–Crippen MR) is 70.9 cm³/mol. The third-order valence-electron chi connectivity index (χ3n) is 4.28.